The maximum atomic E-state index is 12.5. The van der Waals surface area contributed by atoms with E-state index >= 15 is 0 Å². The molecule has 1 fully saturated rings. The van der Waals surface area contributed by atoms with Gasteiger partial charge in [0.25, 0.3) is 0 Å². The first-order valence-corrected chi connectivity index (χ1v) is 8.79. The molecule has 3 aromatic carbocycles. The van der Waals surface area contributed by atoms with Crippen molar-refractivity contribution in [1.82, 2.24) is 0 Å². The molecule has 2 heteroatoms. The van der Waals surface area contributed by atoms with E-state index in [9.17, 15) is 4.79 Å². The van der Waals surface area contributed by atoms with Crippen LogP contribution in [0, 0.1) is 5.92 Å². The summed E-state index contributed by atoms with van der Waals surface area (Å²) in [5.41, 5.74) is 5.68. The summed E-state index contributed by atoms with van der Waals surface area (Å²) in [5, 5.41) is 0. The summed E-state index contributed by atoms with van der Waals surface area (Å²) in [6.45, 7) is 0. The van der Waals surface area contributed by atoms with Gasteiger partial charge >= 0.3 is 5.97 Å². The van der Waals surface area contributed by atoms with Crippen LogP contribution in [-0.4, -0.2) is 13.1 Å². The predicted octanol–water partition coefficient (Wildman–Crippen LogP) is 5.08. The molecule has 2 atom stereocenters. The van der Waals surface area contributed by atoms with Gasteiger partial charge in [-0.3, -0.25) is 4.79 Å². The van der Waals surface area contributed by atoms with Gasteiger partial charge in [-0.25, -0.2) is 0 Å². The molecule has 1 aliphatic rings. The van der Waals surface area contributed by atoms with Crippen LogP contribution in [0.3, 0.4) is 0 Å². The number of hydrogen-bond donors (Lipinski definition) is 0. The van der Waals surface area contributed by atoms with Crippen molar-refractivity contribution in [2.45, 2.75) is 5.92 Å². The van der Waals surface area contributed by atoms with Crippen molar-refractivity contribution in [3.63, 3.8) is 0 Å². The highest BCUT2D eigenvalue weighted by Gasteiger charge is 2.53. The maximum absolute atomic E-state index is 12.5. The van der Waals surface area contributed by atoms with Crippen LogP contribution < -0.4 is 0 Å². The zero-order valence-electron chi connectivity index (χ0n) is 14.6. The number of rotatable bonds is 4. The quantitative estimate of drug-likeness (QED) is 0.620. The van der Waals surface area contributed by atoms with Crippen molar-refractivity contribution in [2.24, 2.45) is 5.92 Å². The van der Waals surface area contributed by atoms with E-state index in [2.05, 4.69) is 36.4 Å². The Morgan fingerprint density at radius 2 is 1.19 bits per heavy atom. The molecule has 1 saturated carbocycles. The molecule has 0 saturated heterocycles. The minimum absolute atomic E-state index is 0.0686. The van der Waals surface area contributed by atoms with Gasteiger partial charge in [0, 0.05) is 5.92 Å². The summed E-state index contributed by atoms with van der Waals surface area (Å²) in [7, 11) is 1.46. The number of methoxy groups -OCH3 is 1. The van der Waals surface area contributed by atoms with Gasteiger partial charge in [-0.1, -0.05) is 91.0 Å². The van der Waals surface area contributed by atoms with Crippen LogP contribution >= 0.6 is 0 Å². The summed E-state index contributed by atoms with van der Waals surface area (Å²) in [6.07, 6.45) is 0. The largest absolute Gasteiger partial charge is 0.469 e. The normalized spacial score (nSPS) is 18.3. The van der Waals surface area contributed by atoms with Crippen molar-refractivity contribution in [3.8, 4) is 0 Å². The summed E-state index contributed by atoms with van der Waals surface area (Å²) in [5.74, 6) is -0.324. The second kappa shape index (κ2) is 7.01. The minimum atomic E-state index is -0.224. The Balaban J connectivity index is 1.92. The third-order valence-electron chi connectivity index (χ3n) is 4.92. The molecule has 0 amide bonds. The monoisotopic (exact) mass is 340 g/mol. The molecule has 0 spiro atoms. The van der Waals surface area contributed by atoms with E-state index in [-0.39, 0.29) is 17.8 Å². The number of carbonyl (C=O) groups is 1. The molecule has 1 aliphatic carbocycles. The Labute approximate surface area is 153 Å². The Kier molecular flexibility index (Phi) is 4.40. The Morgan fingerprint density at radius 3 is 1.65 bits per heavy atom. The lowest BCUT2D eigenvalue weighted by atomic mass is 9.95. The molecule has 0 bridgehead atoms. The Morgan fingerprint density at radius 1 is 0.731 bits per heavy atom. The zero-order chi connectivity index (χ0) is 17.9. The summed E-state index contributed by atoms with van der Waals surface area (Å²) in [6, 6.07) is 30.8. The molecule has 4 rings (SSSR count). The fourth-order valence-corrected chi connectivity index (χ4v) is 3.71. The Hall–Kier alpha value is -3.13. The number of carbonyl (C=O) groups excluding carboxylic acids is 1. The topological polar surface area (TPSA) is 26.3 Å². The van der Waals surface area contributed by atoms with Crippen LogP contribution in [0.1, 0.15) is 22.6 Å². The van der Waals surface area contributed by atoms with Gasteiger partial charge in [0.2, 0.25) is 0 Å². The first kappa shape index (κ1) is 16.3. The highest BCUT2D eigenvalue weighted by Crippen LogP contribution is 2.58. The average molecular weight is 340 g/mol. The third kappa shape index (κ3) is 2.95. The molecular weight excluding hydrogens is 320 g/mol. The van der Waals surface area contributed by atoms with E-state index < -0.39 is 0 Å². The lowest BCUT2D eigenvalue weighted by molar-refractivity contribution is -0.141. The van der Waals surface area contributed by atoms with Gasteiger partial charge in [0.05, 0.1) is 13.0 Å². The molecule has 0 unspecified atom stereocenters. The predicted molar refractivity (Wildman–Crippen MR) is 104 cm³/mol. The van der Waals surface area contributed by atoms with Crippen LogP contribution in [0.5, 0.6) is 0 Å². The highest BCUT2D eigenvalue weighted by atomic mass is 16.5. The number of ether oxygens (including phenoxy) is 1. The molecule has 0 heterocycles. The van der Waals surface area contributed by atoms with Crippen molar-refractivity contribution >= 4 is 11.5 Å². The van der Waals surface area contributed by atoms with Gasteiger partial charge in [-0.05, 0) is 27.8 Å². The van der Waals surface area contributed by atoms with E-state index in [1.54, 1.807) is 0 Å². The smallest absolute Gasteiger partial charge is 0.313 e. The van der Waals surface area contributed by atoms with Crippen molar-refractivity contribution in [1.29, 1.82) is 0 Å². The van der Waals surface area contributed by atoms with E-state index in [4.69, 9.17) is 4.74 Å². The maximum Gasteiger partial charge on any atom is 0.313 e. The molecular formula is C24H20O2. The first-order chi connectivity index (χ1) is 12.8. The molecule has 2 nitrogen and oxygen atoms in total. The molecule has 128 valence electrons. The fourth-order valence-electron chi connectivity index (χ4n) is 3.71. The van der Waals surface area contributed by atoms with E-state index in [1.165, 1.54) is 7.11 Å². The van der Waals surface area contributed by atoms with E-state index in [1.807, 2.05) is 54.6 Å². The summed E-state index contributed by atoms with van der Waals surface area (Å²) >= 11 is 0. The Bertz CT molecular complexity index is 886. The standard InChI is InChI=1S/C24H20O2/c1-26-24(25)23-21(19-15-9-4-10-16-19)22(23)20(17-11-5-2-6-12-17)18-13-7-3-8-14-18/h2-16,21,23H,1H3/t21-,23+/m1/s1. The van der Waals surface area contributed by atoms with Gasteiger partial charge < -0.3 is 4.74 Å². The number of hydrogen-bond acceptors (Lipinski definition) is 2. The molecule has 0 aliphatic heterocycles. The van der Waals surface area contributed by atoms with Crippen LogP contribution in [0.2, 0.25) is 0 Å². The van der Waals surface area contributed by atoms with Gasteiger partial charge in [-0.2, -0.15) is 0 Å². The molecule has 0 N–H and O–H groups in total. The fraction of sp³-hybridized carbons (Fsp3) is 0.125. The van der Waals surface area contributed by atoms with Gasteiger partial charge in [0.1, 0.15) is 0 Å². The average Bonchev–Trinajstić information content (AvgIpc) is 3.45. The van der Waals surface area contributed by atoms with Crippen molar-refractivity contribution < 1.29 is 9.53 Å². The highest BCUT2D eigenvalue weighted by molar-refractivity contribution is 5.95. The van der Waals surface area contributed by atoms with Crippen molar-refractivity contribution in [3.05, 3.63) is 113 Å². The molecule has 0 aromatic heterocycles. The lowest BCUT2D eigenvalue weighted by Gasteiger charge is -2.09. The minimum Gasteiger partial charge on any atom is -0.469 e. The SMILES string of the molecule is COC(=O)[C@@H]1C(=C(c2ccccc2)c2ccccc2)[C@H]1c1ccccc1. The molecule has 0 radical (unpaired) electrons. The van der Waals surface area contributed by atoms with Crippen LogP contribution in [0.25, 0.3) is 5.57 Å². The van der Waals surface area contributed by atoms with E-state index in [0.29, 0.717) is 0 Å². The van der Waals surface area contributed by atoms with Gasteiger partial charge in [-0.15, -0.1) is 0 Å². The number of esters is 1. The number of benzene rings is 3. The lowest BCUT2D eigenvalue weighted by Crippen LogP contribution is -2.04. The summed E-state index contributed by atoms with van der Waals surface area (Å²) in [4.78, 5) is 12.5. The van der Waals surface area contributed by atoms with Crippen LogP contribution in [0.15, 0.2) is 96.6 Å². The van der Waals surface area contributed by atoms with Crippen LogP contribution in [-0.2, 0) is 9.53 Å². The first-order valence-electron chi connectivity index (χ1n) is 8.79. The zero-order valence-corrected chi connectivity index (χ0v) is 14.6. The summed E-state index contributed by atoms with van der Waals surface area (Å²) < 4.78 is 5.10. The van der Waals surface area contributed by atoms with Gasteiger partial charge in [0.15, 0.2) is 0 Å². The molecule has 3 aromatic rings. The van der Waals surface area contributed by atoms with Crippen LogP contribution in [0.4, 0.5) is 0 Å². The van der Waals surface area contributed by atoms with E-state index in [0.717, 1.165) is 27.8 Å². The second-order valence-electron chi connectivity index (χ2n) is 6.45. The van der Waals surface area contributed by atoms with Crippen molar-refractivity contribution in [2.75, 3.05) is 7.11 Å². The third-order valence-corrected chi connectivity index (χ3v) is 4.92. The second-order valence-corrected chi connectivity index (χ2v) is 6.45. The molecule has 26 heavy (non-hydrogen) atoms.